The van der Waals surface area contributed by atoms with Crippen LogP contribution in [0.4, 0.5) is 0 Å². The van der Waals surface area contributed by atoms with Gasteiger partial charge in [0.1, 0.15) is 0 Å². The predicted octanol–water partition coefficient (Wildman–Crippen LogP) is 2.19. The first-order chi connectivity index (χ1) is 5.34. The van der Waals surface area contributed by atoms with Crippen molar-refractivity contribution in [2.24, 2.45) is 0 Å². The third-order valence-electron chi connectivity index (χ3n) is 1.54. The van der Waals surface area contributed by atoms with Gasteiger partial charge in [0, 0.05) is 6.54 Å². The van der Waals surface area contributed by atoms with E-state index in [2.05, 4.69) is 5.32 Å². The van der Waals surface area contributed by atoms with Gasteiger partial charge in [0.25, 0.3) is 0 Å². The average molecular weight is 170 g/mol. The Bertz CT molecular complexity index is 198. The van der Waals surface area contributed by atoms with Crippen molar-refractivity contribution in [3.63, 3.8) is 0 Å². The van der Waals surface area contributed by atoms with Crippen molar-refractivity contribution in [2.75, 3.05) is 13.6 Å². The van der Waals surface area contributed by atoms with Crippen LogP contribution in [-0.2, 0) is 0 Å². The first kappa shape index (κ1) is 8.57. The van der Waals surface area contributed by atoms with Crippen molar-refractivity contribution in [1.29, 1.82) is 0 Å². The standard InChI is InChI=1S/C9H12ClN/c1-11-7-9(10)8-5-3-2-4-6-8/h2-6,9,11H,7H2,1H3. The number of likely N-dealkylation sites (N-methyl/N-ethyl adjacent to an activating group) is 1. The Morgan fingerprint density at radius 1 is 1.36 bits per heavy atom. The number of hydrogen-bond acceptors (Lipinski definition) is 1. The molecule has 1 unspecified atom stereocenters. The van der Waals surface area contributed by atoms with Crippen molar-refractivity contribution in [1.82, 2.24) is 5.32 Å². The summed E-state index contributed by atoms with van der Waals surface area (Å²) in [5.41, 5.74) is 1.17. The summed E-state index contributed by atoms with van der Waals surface area (Å²) >= 11 is 6.04. The molecule has 0 aliphatic rings. The molecule has 0 saturated carbocycles. The molecular formula is C9H12ClN. The van der Waals surface area contributed by atoms with E-state index in [0.29, 0.717) is 0 Å². The van der Waals surface area contributed by atoms with Gasteiger partial charge in [-0.15, -0.1) is 11.6 Å². The molecule has 1 aromatic rings. The molecule has 0 saturated heterocycles. The molecule has 0 aliphatic carbocycles. The van der Waals surface area contributed by atoms with Gasteiger partial charge in [-0.25, -0.2) is 0 Å². The van der Waals surface area contributed by atoms with Crippen LogP contribution in [0.1, 0.15) is 10.9 Å². The van der Waals surface area contributed by atoms with Gasteiger partial charge in [0.15, 0.2) is 0 Å². The Morgan fingerprint density at radius 2 is 2.00 bits per heavy atom. The monoisotopic (exact) mass is 169 g/mol. The fraction of sp³-hybridized carbons (Fsp3) is 0.333. The van der Waals surface area contributed by atoms with Crippen LogP contribution in [0.2, 0.25) is 0 Å². The maximum Gasteiger partial charge on any atom is 0.0709 e. The Morgan fingerprint density at radius 3 is 2.55 bits per heavy atom. The summed E-state index contributed by atoms with van der Waals surface area (Å²) in [5, 5.41) is 3.12. The molecular weight excluding hydrogens is 158 g/mol. The van der Waals surface area contributed by atoms with Crippen molar-refractivity contribution in [2.45, 2.75) is 5.38 Å². The average Bonchev–Trinajstić information content (AvgIpc) is 2.07. The molecule has 0 fully saturated rings. The minimum Gasteiger partial charge on any atom is -0.318 e. The van der Waals surface area contributed by atoms with Crippen LogP contribution in [-0.4, -0.2) is 13.6 Å². The van der Waals surface area contributed by atoms with Gasteiger partial charge in [-0.2, -0.15) is 0 Å². The molecule has 0 radical (unpaired) electrons. The third kappa shape index (κ3) is 2.52. The Balaban J connectivity index is 2.61. The number of halogens is 1. The van der Waals surface area contributed by atoms with Gasteiger partial charge in [-0.3, -0.25) is 0 Å². The first-order valence-electron chi connectivity index (χ1n) is 3.68. The number of alkyl halides is 1. The van der Waals surface area contributed by atoms with Gasteiger partial charge in [-0.1, -0.05) is 30.3 Å². The zero-order chi connectivity index (χ0) is 8.10. The second kappa shape index (κ2) is 4.37. The summed E-state index contributed by atoms with van der Waals surface area (Å²) in [7, 11) is 1.90. The molecule has 0 bridgehead atoms. The molecule has 1 aromatic carbocycles. The quantitative estimate of drug-likeness (QED) is 0.685. The second-order valence-corrected chi connectivity index (χ2v) is 2.96. The number of benzene rings is 1. The summed E-state index contributed by atoms with van der Waals surface area (Å²) in [6.07, 6.45) is 0. The van der Waals surface area contributed by atoms with Crippen LogP contribution < -0.4 is 5.32 Å². The van der Waals surface area contributed by atoms with E-state index in [4.69, 9.17) is 11.6 Å². The smallest absolute Gasteiger partial charge is 0.0709 e. The topological polar surface area (TPSA) is 12.0 Å². The van der Waals surface area contributed by atoms with Crippen LogP contribution in [0.3, 0.4) is 0 Å². The zero-order valence-corrected chi connectivity index (χ0v) is 7.31. The highest BCUT2D eigenvalue weighted by atomic mass is 35.5. The number of nitrogens with one attached hydrogen (secondary N) is 1. The molecule has 1 rings (SSSR count). The lowest BCUT2D eigenvalue weighted by Crippen LogP contribution is -2.12. The van der Waals surface area contributed by atoms with E-state index in [1.165, 1.54) is 5.56 Å². The maximum absolute atomic E-state index is 6.04. The highest BCUT2D eigenvalue weighted by molar-refractivity contribution is 6.21. The Labute approximate surface area is 72.4 Å². The minimum atomic E-state index is 0.0844. The van der Waals surface area contributed by atoms with Gasteiger partial charge < -0.3 is 5.32 Å². The summed E-state index contributed by atoms with van der Waals surface area (Å²) in [6, 6.07) is 10.1. The van der Waals surface area contributed by atoms with Crippen LogP contribution >= 0.6 is 11.6 Å². The highest BCUT2D eigenvalue weighted by Gasteiger charge is 2.03. The molecule has 11 heavy (non-hydrogen) atoms. The van der Waals surface area contributed by atoms with Gasteiger partial charge in [0.2, 0.25) is 0 Å². The van der Waals surface area contributed by atoms with Crippen LogP contribution in [0.25, 0.3) is 0 Å². The molecule has 0 aliphatic heterocycles. The van der Waals surface area contributed by atoms with E-state index >= 15 is 0 Å². The summed E-state index contributed by atoms with van der Waals surface area (Å²) in [4.78, 5) is 0. The molecule has 1 atom stereocenters. The van der Waals surface area contributed by atoms with Crippen molar-refractivity contribution < 1.29 is 0 Å². The highest BCUT2D eigenvalue weighted by Crippen LogP contribution is 2.17. The fourth-order valence-electron chi connectivity index (χ4n) is 0.959. The lowest BCUT2D eigenvalue weighted by molar-refractivity contribution is 0.771. The molecule has 0 heterocycles. The van der Waals surface area contributed by atoms with Gasteiger partial charge >= 0.3 is 0 Å². The van der Waals surface area contributed by atoms with Crippen molar-refractivity contribution in [3.05, 3.63) is 35.9 Å². The lowest BCUT2D eigenvalue weighted by atomic mass is 10.1. The minimum absolute atomic E-state index is 0.0844. The van der Waals surface area contributed by atoms with E-state index in [1.54, 1.807) is 0 Å². The predicted molar refractivity (Wildman–Crippen MR) is 49.0 cm³/mol. The van der Waals surface area contributed by atoms with E-state index in [0.717, 1.165) is 6.54 Å². The lowest BCUT2D eigenvalue weighted by Gasteiger charge is -2.07. The molecule has 60 valence electrons. The maximum atomic E-state index is 6.04. The number of rotatable bonds is 3. The van der Waals surface area contributed by atoms with Crippen LogP contribution in [0.15, 0.2) is 30.3 Å². The van der Waals surface area contributed by atoms with Gasteiger partial charge in [-0.05, 0) is 12.6 Å². The van der Waals surface area contributed by atoms with Gasteiger partial charge in [0.05, 0.1) is 5.38 Å². The largest absolute Gasteiger partial charge is 0.318 e. The fourth-order valence-corrected chi connectivity index (χ4v) is 1.26. The molecule has 2 heteroatoms. The molecule has 0 aromatic heterocycles. The molecule has 1 nitrogen and oxygen atoms in total. The van der Waals surface area contributed by atoms with E-state index in [-0.39, 0.29) is 5.38 Å². The van der Waals surface area contributed by atoms with Crippen LogP contribution in [0, 0.1) is 0 Å². The molecule has 0 spiro atoms. The summed E-state index contributed by atoms with van der Waals surface area (Å²) in [5.74, 6) is 0. The Kier molecular flexibility index (Phi) is 3.40. The number of hydrogen-bond donors (Lipinski definition) is 1. The molecule has 1 N–H and O–H groups in total. The zero-order valence-electron chi connectivity index (χ0n) is 6.55. The Hall–Kier alpha value is -0.530. The van der Waals surface area contributed by atoms with Crippen molar-refractivity contribution in [3.8, 4) is 0 Å². The summed E-state index contributed by atoms with van der Waals surface area (Å²) in [6.45, 7) is 0.811. The summed E-state index contributed by atoms with van der Waals surface area (Å²) < 4.78 is 0. The normalized spacial score (nSPS) is 12.9. The van der Waals surface area contributed by atoms with E-state index < -0.39 is 0 Å². The van der Waals surface area contributed by atoms with E-state index in [9.17, 15) is 0 Å². The van der Waals surface area contributed by atoms with Crippen molar-refractivity contribution >= 4 is 11.6 Å². The third-order valence-corrected chi connectivity index (χ3v) is 1.95. The molecule has 0 amide bonds. The van der Waals surface area contributed by atoms with Crippen LogP contribution in [0.5, 0.6) is 0 Å². The SMILES string of the molecule is CNCC(Cl)c1ccccc1. The first-order valence-corrected chi connectivity index (χ1v) is 4.12. The van der Waals surface area contributed by atoms with E-state index in [1.807, 2.05) is 37.4 Å². The second-order valence-electron chi connectivity index (χ2n) is 2.44.